The fraction of sp³-hybridized carbons (Fsp3) is 0.318. The molecule has 0 aliphatic carbocycles. The van der Waals surface area contributed by atoms with Crippen LogP contribution in [0.25, 0.3) is 11.0 Å². The van der Waals surface area contributed by atoms with Crippen molar-refractivity contribution in [3.8, 4) is 6.07 Å². The van der Waals surface area contributed by atoms with Gasteiger partial charge in [0.2, 0.25) is 0 Å². The number of benzene rings is 1. The van der Waals surface area contributed by atoms with Crippen molar-refractivity contribution in [1.82, 2.24) is 9.55 Å². The molecular weight excluding hydrogens is 386 g/mol. The molecule has 0 bridgehead atoms. The number of para-hydroxylation sites is 1. The first-order chi connectivity index (χ1) is 14.0. The molecule has 0 atom stereocenters. The lowest BCUT2D eigenvalue weighted by atomic mass is 9.84. The highest BCUT2D eigenvalue weighted by Crippen LogP contribution is 2.40. The number of aromatic nitrogens is 2. The van der Waals surface area contributed by atoms with Gasteiger partial charge in [-0.2, -0.15) is 5.26 Å². The van der Waals surface area contributed by atoms with Crippen LogP contribution in [0.2, 0.25) is 5.15 Å². The van der Waals surface area contributed by atoms with Crippen molar-refractivity contribution in [3.05, 3.63) is 63.0 Å². The van der Waals surface area contributed by atoms with E-state index in [0.29, 0.717) is 21.9 Å². The summed E-state index contributed by atoms with van der Waals surface area (Å²) in [5, 5.41) is 13.8. The van der Waals surface area contributed by atoms with E-state index in [0.717, 1.165) is 32.4 Å². The summed E-state index contributed by atoms with van der Waals surface area (Å²) in [4.78, 5) is 19.4. The zero-order valence-corrected chi connectivity index (χ0v) is 16.8. The van der Waals surface area contributed by atoms with E-state index in [1.165, 1.54) is 15.8 Å². The lowest BCUT2D eigenvalue weighted by Crippen LogP contribution is -2.49. The molecule has 1 spiro atoms. The van der Waals surface area contributed by atoms with E-state index < -0.39 is 0 Å². The maximum atomic E-state index is 12.8. The van der Waals surface area contributed by atoms with E-state index in [9.17, 15) is 10.1 Å². The quantitative estimate of drug-likeness (QED) is 0.627. The van der Waals surface area contributed by atoms with Crippen LogP contribution in [-0.4, -0.2) is 28.2 Å². The first kappa shape index (κ1) is 18.0. The van der Waals surface area contributed by atoms with Gasteiger partial charge in [-0.15, -0.1) is 0 Å². The SMILES string of the molecule is Cn1c(=O)c(C#N)c(N2CCC3(CC2)Cc2ccccc2N3)c2nc(Cl)ccc21. The minimum absolute atomic E-state index is 0.0353. The zero-order valence-electron chi connectivity index (χ0n) is 16.1. The second-order valence-corrected chi connectivity index (χ2v) is 8.31. The lowest BCUT2D eigenvalue weighted by Gasteiger charge is -2.41. The molecule has 2 aromatic heterocycles. The third kappa shape index (κ3) is 2.77. The van der Waals surface area contributed by atoms with Crippen molar-refractivity contribution in [2.45, 2.75) is 24.8 Å². The predicted octanol–water partition coefficient (Wildman–Crippen LogP) is 3.47. The molecule has 0 unspecified atom stereocenters. The molecule has 1 saturated heterocycles. The number of nitrogens with zero attached hydrogens (tertiary/aromatic N) is 4. The van der Waals surface area contributed by atoms with E-state index >= 15 is 0 Å². The zero-order chi connectivity index (χ0) is 20.2. The molecule has 5 rings (SSSR count). The van der Waals surface area contributed by atoms with Gasteiger partial charge in [0.25, 0.3) is 5.56 Å². The first-order valence-corrected chi connectivity index (χ1v) is 10.1. The van der Waals surface area contributed by atoms with Crippen LogP contribution in [0.3, 0.4) is 0 Å². The number of piperidine rings is 1. The van der Waals surface area contributed by atoms with Crippen molar-refractivity contribution in [2.75, 3.05) is 23.3 Å². The summed E-state index contributed by atoms with van der Waals surface area (Å²) in [5.41, 5.74) is 4.33. The number of aryl methyl sites for hydroxylation is 1. The van der Waals surface area contributed by atoms with Crippen LogP contribution < -0.4 is 15.8 Å². The van der Waals surface area contributed by atoms with Crippen molar-refractivity contribution in [1.29, 1.82) is 5.26 Å². The molecule has 1 fully saturated rings. The predicted molar refractivity (Wildman–Crippen MR) is 115 cm³/mol. The molecule has 2 aliphatic rings. The van der Waals surface area contributed by atoms with Gasteiger partial charge >= 0.3 is 0 Å². The Balaban J connectivity index is 1.53. The summed E-state index contributed by atoms with van der Waals surface area (Å²) >= 11 is 6.16. The Morgan fingerprint density at radius 2 is 1.97 bits per heavy atom. The maximum Gasteiger partial charge on any atom is 0.270 e. The number of nitrogens with one attached hydrogen (secondary N) is 1. The fourth-order valence-corrected chi connectivity index (χ4v) is 4.88. The van der Waals surface area contributed by atoms with Crippen LogP contribution in [0, 0.1) is 11.3 Å². The number of fused-ring (bicyclic) bond motifs is 2. The number of pyridine rings is 2. The summed E-state index contributed by atoms with van der Waals surface area (Å²) in [5.74, 6) is 0. The summed E-state index contributed by atoms with van der Waals surface area (Å²) in [6.07, 6.45) is 2.84. The van der Waals surface area contributed by atoms with Crippen molar-refractivity contribution >= 4 is 34.0 Å². The normalized spacial score (nSPS) is 17.2. The molecule has 29 heavy (non-hydrogen) atoms. The van der Waals surface area contributed by atoms with Crippen LogP contribution in [0.1, 0.15) is 24.0 Å². The summed E-state index contributed by atoms with van der Waals surface area (Å²) in [7, 11) is 1.66. The smallest absolute Gasteiger partial charge is 0.270 e. The average molecular weight is 406 g/mol. The van der Waals surface area contributed by atoms with Gasteiger partial charge in [-0.25, -0.2) is 4.98 Å². The van der Waals surface area contributed by atoms with Gasteiger partial charge in [0.15, 0.2) is 0 Å². The molecular formula is C22H20ClN5O. The van der Waals surface area contributed by atoms with Crippen molar-refractivity contribution in [2.24, 2.45) is 7.05 Å². The summed E-state index contributed by atoms with van der Waals surface area (Å²) < 4.78 is 1.47. The van der Waals surface area contributed by atoms with Crippen LogP contribution in [0.15, 0.2) is 41.2 Å². The Morgan fingerprint density at radius 1 is 1.21 bits per heavy atom. The standard InChI is InChI=1S/C22H20ClN5O/c1-27-17-6-7-18(23)25-19(17)20(15(13-24)21(27)29)28-10-8-22(9-11-28)12-14-4-2-3-5-16(14)26-22/h2-7,26H,8-12H2,1H3. The van der Waals surface area contributed by atoms with Gasteiger partial charge < -0.3 is 14.8 Å². The number of anilines is 2. The highest BCUT2D eigenvalue weighted by atomic mass is 35.5. The Morgan fingerprint density at radius 3 is 2.69 bits per heavy atom. The molecule has 2 aliphatic heterocycles. The number of rotatable bonds is 1. The van der Waals surface area contributed by atoms with E-state index in [-0.39, 0.29) is 16.7 Å². The highest BCUT2D eigenvalue weighted by molar-refractivity contribution is 6.29. The van der Waals surface area contributed by atoms with Gasteiger partial charge in [-0.1, -0.05) is 29.8 Å². The molecule has 146 valence electrons. The van der Waals surface area contributed by atoms with E-state index in [4.69, 9.17) is 11.6 Å². The Bertz CT molecular complexity index is 1210. The topological polar surface area (TPSA) is 74.0 Å². The number of halogens is 1. The van der Waals surface area contributed by atoms with E-state index in [2.05, 4.69) is 45.5 Å². The fourth-order valence-electron chi connectivity index (χ4n) is 4.73. The largest absolute Gasteiger partial charge is 0.379 e. The van der Waals surface area contributed by atoms with E-state index in [1.807, 2.05) is 0 Å². The molecule has 4 heterocycles. The Labute approximate surface area is 173 Å². The van der Waals surface area contributed by atoms with Crippen LogP contribution in [-0.2, 0) is 13.5 Å². The molecule has 0 amide bonds. The van der Waals surface area contributed by atoms with Crippen molar-refractivity contribution in [3.63, 3.8) is 0 Å². The second-order valence-electron chi connectivity index (χ2n) is 7.93. The third-order valence-electron chi connectivity index (χ3n) is 6.28. The van der Waals surface area contributed by atoms with Gasteiger partial charge in [-0.3, -0.25) is 4.79 Å². The molecule has 7 heteroatoms. The average Bonchev–Trinajstić information content (AvgIpc) is 3.09. The Kier molecular flexibility index (Phi) is 4.04. The van der Waals surface area contributed by atoms with E-state index in [1.54, 1.807) is 19.2 Å². The van der Waals surface area contributed by atoms with Gasteiger partial charge in [-0.05, 0) is 43.0 Å². The molecule has 6 nitrogen and oxygen atoms in total. The maximum absolute atomic E-state index is 12.8. The van der Waals surface area contributed by atoms with Gasteiger partial charge in [0.05, 0.1) is 11.2 Å². The summed E-state index contributed by atoms with van der Waals surface area (Å²) in [6.45, 7) is 1.48. The van der Waals surface area contributed by atoms with Crippen molar-refractivity contribution < 1.29 is 0 Å². The number of nitriles is 1. The van der Waals surface area contributed by atoms with Crippen LogP contribution in [0.5, 0.6) is 0 Å². The second kappa shape index (κ2) is 6.50. The number of hydrogen-bond acceptors (Lipinski definition) is 5. The summed E-state index contributed by atoms with van der Waals surface area (Å²) in [6, 6.07) is 14.0. The molecule has 1 N–H and O–H groups in total. The van der Waals surface area contributed by atoms with Crippen LogP contribution >= 0.6 is 11.6 Å². The molecule has 0 saturated carbocycles. The van der Waals surface area contributed by atoms with Crippen LogP contribution in [0.4, 0.5) is 11.4 Å². The molecule has 3 aromatic rings. The Hall–Kier alpha value is -3.04. The number of hydrogen-bond donors (Lipinski definition) is 1. The monoisotopic (exact) mass is 405 g/mol. The van der Waals surface area contributed by atoms with Gasteiger partial charge in [0, 0.05) is 31.4 Å². The highest BCUT2D eigenvalue weighted by Gasteiger charge is 2.40. The lowest BCUT2D eigenvalue weighted by molar-refractivity contribution is 0.375. The third-order valence-corrected chi connectivity index (χ3v) is 6.49. The minimum Gasteiger partial charge on any atom is -0.379 e. The van der Waals surface area contributed by atoms with Gasteiger partial charge in [0.1, 0.15) is 22.3 Å². The first-order valence-electron chi connectivity index (χ1n) is 9.72. The minimum atomic E-state index is -0.300. The molecule has 1 aromatic carbocycles. The molecule has 0 radical (unpaired) electrons.